The molecule has 0 bridgehead atoms. The van der Waals surface area contributed by atoms with Gasteiger partial charge in [0.25, 0.3) is 0 Å². The third kappa shape index (κ3) is 7.75. The van der Waals surface area contributed by atoms with Crippen LogP contribution >= 0.6 is 22.7 Å². The van der Waals surface area contributed by atoms with Gasteiger partial charge in [0, 0.05) is 58.0 Å². The van der Waals surface area contributed by atoms with Crippen molar-refractivity contribution in [3.63, 3.8) is 0 Å². The first-order valence-corrected chi connectivity index (χ1v) is 22.0. The minimum atomic E-state index is 0. The molecule has 0 fully saturated rings. The van der Waals surface area contributed by atoms with Crippen LogP contribution in [0.5, 0.6) is 0 Å². The molecule has 6 heterocycles. The van der Waals surface area contributed by atoms with E-state index in [0.717, 1.165) is 29.5 Å². The Morgan fingerprint density at radius 2 is 0.967 bits per heavy atom. The van der Waals surface area contributed by atoms with E-state index in [0.29, 0.717) is 0 Å². The van der Waals surface area contributed by atoms with Gasteiger partial charge in [-0.1, -0.05) is 115 Å². The molecule has 309 valence electrons. The van der Waals surface area contributed by atoms with Crippen LogP contribution in [0.3, 0.4) is 0 Å². The molecule has 0 saturated heterocycles. The SMILES string of the molecule is C.Cc1cccc(C)c1-c1cnc2c3[c-]cccc3c3cc(CC(C)(C)C)sc3n12.Cc1cccc(C)c1-c1cnc2c3ccccc3c3cc(CC(C)(C)C)sc3n12.[Ir]. The fourth-order valence-electron chi connectivity index (χ4n) is 8.83. The number of thiophene rings is 2. The van der Waals surface area contributed by atoms with Gasteiger partial charge in [-0.3, -0.25) is 9.38 Å². The maximum atomic E-state index is 4.91. The fraction of sp³-hybridized carbons (Fsp3) is 0.283. The van der Waals surface area contributed by atoms with Gasteiger partial charge in [-0.15, -0.1) is 52.3 Å². The predicted octanol–water partition coefficient (Wildman–Crippen LogP) is 15.6. The summed E-state index contributed by atoms with van der Waals surface area (Å²) in [5, 5.41) is 7.49. The number of fused-ring (bicyclic) bond motifs is 12. The second-order valence-corrected chi connectivity index (χ2v) is 20.7. The molecule has 6 aromatic heterocycles. The van der Waals surface area contributed by atoms with E-state index in [-0.39, 0.29) is 38.4 Å². The number of pyridine rings is 2. The van der Waals surface area contributed by atoms with Crippen molar-refractivity contribution in [2.45, 2.75) is 89.5 Å². The molecular formula is C53H55IrN4S2-. The molecule has 0 aliphatic rings. The molecule has 0 amide bonds. The Morgan fingerprint density at radius 1 is 0.533 bits per heavy atom. The molecule has 0 N–H and O–H groups in total. The molecule has 0 saturated carbocycles. The van der Waals surface area contributed by atoms with E-state index < -0.39 is 0 Å². The number of aryl methyl sites for hydroxylation is 4. The van der Waals surface area contributed by atoms with Crippen LogP contribution in [0, 0.1) is 44.6 Å². The number of hydrogen-bond donors (Lipinski definition) is 0. The zero-order valence-corrected chi connectivity index (χ0v) is 39.7. The van der Waals surface area contributed by atoms with Gasteiger partial charge in [-0.25, -0.2) is 4.98 Å². The van der Waals surface area contributed by atoms with E-state index in [4.69, 9.17) is 9.97 Å². The van der Waals surface area contributed by atoms with Gasteiger partial charge in [0.1, 0.15) is 10.5 Å². The molecule has 7 heteroatoms. The zero-order valence-electron chi connectivity index (χ0n) is 35.7. The van der Waals surface area contributed by atoms with E-state index in [2.05, 4.69) is 175 Å². The molecule has 10 rings (SSSR count). The Balaban J connectivity index is 0.000000176. The molecule has 0 aliphatic heterocycles. The Morgan fingerprint density at radius 3 is 1.47 bits per heavy atom. The van der Waals surface area contributed by atoms with Crippen LogP contribution in [0.15, 0.2) is 103 Å². The van der Waals surface area contributed by atoms with E-state index in [9.17, 15) is 0 Å². The Bertz CT molecular complexity index is 2940. The van der Waals surface area contributed by atoms with E-state index in [1.807, 2.05) is 34.9 Å². The van der Waals surface area contributed by atoms with Crippen molar-refractivity contribution in [1.82, 2.24) is 18.8 Å². The molecule has 0 atom stereocenters. The van der Waals surface area contributed by atoms with Crippen molar-refractivity contribution in [1.29, 1.82) is 0 Å². The zero-order chi connectivity index (χ0) is 40.7. The smallest absolute Gasteiger partial charge is 0.146 e. The van der Waals surface area contributed by atoms with E-state index in [1.54, 1.807) is 0 Å². The Labute approximate surface area is 376 Å². The number of rotatable bonds is 4. The predicted molar refractivity (Wildman–Crippen MR) is 258 cm³/mol. The summed E-state index contributed by atoms with van der Waals surface area (Å²) in [4.78, 5) is 15.2. The summed E-state index contributed by atoms with van der Waals surface area (Å²) >= 11 is 3.82. The third-order valence-electron chi connectivity index (χ3n) is 11.2. The van der Waals surface area contributed by atoms with Crippen LogP contribution in [-0.4, -0.2) is 18.8 Å². The molecule has 60 heavy (non-hydrogen) atoms. The molecule has 4 nitrogen and oxygen atoms in total. The fourth-order valence-corrected chi connectivity index (χ4v) is 11.8. The summed E-state index contributed by atoms with van der Waals surface area (Å²) in [6.07, 6.45) is 6.24. The molecular weight excluding hydrogens is 949 g/mol. The molecule has 4 aromatic carbocycles. The van der Waals surface area contributed by atoms with Crippen LogP contribution in [0.2, 0.25) is 0 Å². The largest absolute Gasteiger partial charge is 0.325 e. The number of imidazole rings is 2. The third-order valence-corrected chi connectivity index (χ3v) is 13.4. The Hall–Kier alpha value is -4.65. The normalized spacial score (nSPS) is 12.0. The summed E-state index contributed by atoms with van der Waals surface area (Å²) < 4.78 is 4.75. The van der Waals surface area contributed by atoms with Crippen molar-refractivity contribution < 1.29 is 20.1 Å². The topological polar surface area (TPSA) is 34.6 Å². The number of benzene rings is 4. The summed E-state index contributed by atoms with van der Waals surface area (Å²) in [6.45, 7) is 22.6. The summed E-state index contributed by atoms with van der Waals surface area (Å²) in [6, 6.07) is 36.2. The summed E-state index contributed by atoms with van der Waals surface area (Å²) in [7, 11) is 0. The first kappa shape index (κ1) is 43.4. The number of nitrogens with zero attached hydrogens (tertiary/aromatic N) is 4. The number of hydrogen-bond acceptors (Lipinski definition) is 4. The van der Waals surface area contributed by atoms with Crippen molar-refractivity contribution in [2.75, 3.05) is 0 Å². The molecule has 10 aromatic rings. The molecule has 1 radical (unpaired) electrons. The van der Waals surface area contributed by atoms with E-state index in [1.165, 1.54) is 91.1 Å². The van der Waals surface area contributed by atoms with Gasteiger partial charge in [-0.2, -0.15) is 0 Å². The minimum Gasteiger partial charge on any atom is -0.325 e. The van der Waals surface area contributed by atoms with Crippen LogP contribution in [0.4, 0.5) is 0 Å². The van der Waals surface area contributed by atoms with Crippen LogP contribution in [-0.2, 0) is 32.9 Å². The second kappa shape index (κ2) is 16.3. The average Bonchev–Trinajstić information content (AvgIpc) is 3.96. The van der Waals surface area contributed by atoms with Crippen LogP contribution in [0.1, 0.15) is 81.0 Å². The van der Waals surface area contributed by atoms with Gasteiger partial charge in [0.05, 0.1) is 28.1 Å². The first-order valence-electron chi connectivity index (χ1n) is 20.3. The number of aromatic nitrogens is 4. The van der Waals surface area contributed by atoms with Crippen molar-refractivity contribution in [3.8, 4) is 22.5 Å². The van der Waals surface area contributed by atoms with Crippen LogP contribution < -0.4 is 0 Å². The molecule has 0 aliphatic carbocycles. The molecule has 0 spiro atoms. The maximum absolute atomic E-state index is 4.91. The van der Waals surface area contributed by atoms with Gasteiger partial charge in [0.15, 0.2) is 0 Å². The Kier molecular flexibility index (Phi) is 11.8. The van der Waals surface area contributed by atoms with Crippen molar-refractivity contribution in [2.24, 2.45) is 10.8 Å². The summed E-state index contributed by atoms with van der Waals surface area (Å²) in [5.41, 5.74) is 12.6. The van der Waals surface area contributed by atoms with Gasteiger partial charge in [0.2, 0.25) is 0 Å². The monoisotopic (exact) mass is 1000 g/mol. The second-order valence-electron chi connectivity index (χ2n) is 18.5. The first-order chi connectivity index (χ1) is 27.7. The minimum absolute atomic E-state index is 0. The van der Waals surface area contributed by atoms with Gasteiger partial charge >= 0.3 is 0 Å². The van der Waals surface area contributed by atoms with Gasteiger partial charge < -0.3 is 4.40 Å². The van der Waals surface area contributed by atoms with Crippen molar-refractivity contribution >= 4 is 75.9 Å². The average molecular weight is 1000 g/mol. The standard InChI is InChI=1S/C26H26N2S.C26H25N2S.CH4.Ir/c2*1-16-9-8-10-17(2)23(16)22-15-27-24-20-12-7-6-11-19(20)21-13-18(14-26(3,4)5)29-25(21)28(22)24;;/h6-13,15H,14H2,1-5H3;6-11,13,15H,14H2,1-5H3;1H4;/q;-1;;. The van der Waals surface area contributed by atoms with Crippen molar-refractivity contribution in [3.05, 3.63) is 141 Å². The quantitative estimate of drug-likeness (QED) is 0.165. The van der Waals surface area contributed by atoms with Gasteiger partial charge in [-0.05, 0) is 96.5 Å². The van der Waals surface area contributed by atoms with Crippen LogP contribution in [0.25, 0.3) is 75.8 Å². The molecule has 0 unspecified atom stereocenters. The summed E-state index contributed by atoms with van der Waals surface area (Å²) in [5.74, 6) is 0. The van der Waals surface area contributed by atoms with E-state index >= 15 is 0 Å². The maximum Gasteiger partial charge on any atom is 0.146 e.